The molecule has 17 heavy (non-hydrogen) atoms. The summed E-state index contributed by atoms with van der Waals surface area (Å²) in [6.45, 7) is 8.75. The number of rotatable bonds is 2. The molecular formula is C15H23NO. The van der Waals surface area contributed by atoms with Gasteiger partial charge >= 0.3 is 0 Å². The zero-order chi connectivity index (χ0) is 12.5. The van der Waals surface area contributed by atoms with E-state index < -0.39 is 0 Å². The van der Waals surface area contributed by atoms with Crippen molar-refractivity contribution in [2.45, 2.75) is 39.7 Å². The summed E-state index contributed by atoms with van der Waals surface area (Å²) < 4.78 is 0. The fraction of sp³-hybridized carbons (Fsp3) is 0.600. The van der Waals surface area contributed by atoms with Crippen LogP contribution in [0.3, 0.4) is 0 Å². The lowest BCUT2D eigenvalue weighted by atomic mass is 9.84. The second-order valence-electron chi connectivity index (χ2n) is 5.96. The van der Waals surface area contributed by atoms with Gasteiger partial charge in [0, 0.05) is 18.8 Å². The Morgan fingerprint density at radius 3 is 2.41 bits per heavy atom. The lowest BCUT2D eigenvalue weighted by Crippen LogP contribution is -2.40. The van der Waals surface area contributed by atoms with Gasteiger partial charge in [0.1, 0.15) is 0 Å². The van der Waals surface area contributed by atoms with E-state index in [-0.39, 0.29) is 6.10 Å². The Kier molecular flexibility index (Phi) is 3.43. The number of anilines is 1. The maximum Gasteiger partial charge on any atom is 0.0761 e. The van der Waals surface area contributed by atoms with Crippen molar-refractivity contribution >= 4 is 5.69 Å². The maximum atomic E-state index is 9.49. The number of piperidine rings is 1. The van der Waals surface area contributed by atoms with Crippen molar-refractivity contribution < 1.29 is 5.11 Å². The molecule has 2 nitrogen and oxygen atoms in total. The van der Waals surface area contributed by atoms with Gasteiger partial charge in [0.15, 0.2) is 0 Å². The van der Waals surface area contributed by atoms with Crippen molar-refractivity contribution in [1.82, 2.24) is 0 Å². The molecule has 0 radical (unpaired) electrons. The molecule has 1 saturated heterocycles. The second kappa shape index (κ2) is 4.69. The number of aliphatic hydroxyl groups is 1. The van der Waals surface area contributed by atoms with Crippen molar-refractivity contribution in [3.05, 3.63) is 29.8 Å². The van der Waals surface area contributed by atoms with E-state index in [0.29, 0.717) is 5.41 Å². The summed E-state index contributed by atoms with van der Waals surface area (Å²) in [5.41, 5.74) is 2.69. The van der Waals surface area contributed by atoms with Crippen molar-refractivity contribution in [2.24, 2.45) is 5.41 Å². The van der Waals surface area contributed by atoms with E-state index in [4.69, 9.17) is 0 Å². The lowest BCUT2D eigenvalue weighted by Gasteiger charge is -2.39. The van der Waals surface area contributed by atoms with Crippen LogP contribution in [0.1, 0.15) is 45.3 Å². The van der Waals surface area contributed by atoms with E-state index >= 15 is 0 Å². The molecule has 1 heterocycles. The van der Waals surface area contributed by atoms with Crippen LogP contribution < -0.4 is 4.90 Å². The molecule has 1 fully saturated rings. The molecule has 2 heteroatoms. The van der Waals surface area contributed by atoms with Gasteiger partial charge in [0.2, 0.25) is 0 Å². The highest BCUT2D eigenvalue weighted by Crippen LogP contribution is 2.31. The Morgan fingerprint density at radius 2 is 1.88 bits per heavy atom. The molecule has 2 rings (SSSR count). The summed E-state index contributed by atoms with van der Waals surface area (Å²) >= 11 is 0. The second-order valence-corrected chi connectivity index (χ2v) is 5.96. The van der Waals surface area contributed by atoms with Crippen LogP contribution in [0.5, 0.6) is 0 Å². The monoisotopic (exact) mass is 233 g/mol. The van der Waals surface area contributed by atoms with Crippen LogP contribution >= 0.6 is 0 Å². The molecular weight excluding hydrogens is 210 g/mol. The normalized spacial score (nSPS) is 21.3. The summed E-state index contributed by atoms with van der Waals surface area (Å²) in [6, 6.07) is 8.32. The Balaban J connectivity index is 2.12. The first-order chi connectivity index (χ1) is 7.98. The Morgan fingerprint density at radius 1 is 1.24 bits per heavy atom. The Labute approximate surface area is 104 Å². The predicted octanol–water partition coefficient (Wildman–Crippen LogP) is 3.37. The van der Waals surface area contributed by atoms with E-state index in [9.17, 15) is 5.11 Å². The standard InChI is InChI=1S/C15H23NO/c1-12(17)13-5-7-14(8-6-13)16-10-4-9-15(2,3)11-16/h5-8,12,17H,4,9-11H2,1-3H3. The van der Waals surface area contributed by atoms with E-state index in [1.165, 1.54) is 18.5 Å². The molecule has 1 aliphatic heterocycles. The molecule has 1 aromatic rings. The van der Waals surface area contributed by atoms with E-state index in [0.717, 1.165) is 18.7 Å². The summed E-state index contributed by atoms with van der Waals surface area (Å²) in [6.07, 6.45) is 2.21. The van der Waals surface area contributed by atoms with Gasteiger partial charge in [-0.15, -0.1) is 0 Å². The molecule has 1 unspecified atom stereocenters. The van der Waals surface area contributed by atoms with Crippen molar-refractivity contribution in [1.29, 1.82) is 0 Å². The highest BCUT2D eigenvalue weighted by atomic mass is 16.3. The van der Waals surface area contributed by atoms with Gasteiger partial charge in [-0.1, -0.05) is 26.0 Å². The summed E-state index contributed by atoms with van der Waals surface area (Å²) in [7, 11) is 0. The molecule has 0 bridgehead atoms. The third kappa shape index (κ3) is 3.01. The SMILES string of the molecule is CC(O)c1ccc(N2CCCC(C)(C)C2)cc1. The minimum Gasteiger partial charge on any atom is -0.389 e. The largest absolute Gasteiger partial charge is 0.389 e. The third-order valence-corrected chi connectivity index (χ3v) is 3.64. The maximum absolute atomic E-state index is 9.49. The molecule has 0 aliphatic carbocycles. The van der Waals surface area contributed by atoms with Gasteiger partial charge in [-0.05, 0) is 42.9 Å². The molecule has 0 aromatic heterocycles. The average molecular weight is 233 g/mol. The van der Waals surface area contributed by atoms with Gasteiger partial charge in [-0.25, -0.2) is 0 Å². The van der Waals surface area contributed by atoms with E-state index in [2.05, 4.69) is 30.9 Å². The molecule has 94 valence electrons. The minimum absolute atomic E-state index is 0.373. The van der Waals surface area contributed by atoms with Gasteiger partial charge in [0.05, 0.1) is 6.10 Å². The summed E-state index contributed by atoms with van der Waals surface area (Å²) in [5.74, 6) is 0. The van der Waals surface area contributed by atoms with Crippen LogP contribution in [0.15, 0.2) is 24.3 Å². The quantitative estimate of drug-likeness (QED) is 0.846. The van der Waals surface area contributed by atoms with Gasteiger partial charge in [-0.2, -0.15) is 0 Å². The fourth-order valence-corrected chi connectivity index (χ4v) is 2.61. The molecule has 0 amide bonds. The van der Waals surface area contributed by atoms with Crippen LogP contribution in [0, 0.1) is 5.41 Å². The fourth-order valence-electron chi connectivity index (χ4n) is 2.61. The molecule has 0 saturated carbocycles. The Bertz CT molecular complexity index is 367. The van der Waals surface area contributed by atoms with Crippen molar-refractivity contribution in [3.63, 3.8) is 0 Å². The Hall–Kier alpha value is -1.02. The van der Waals surface area contributed by atoms with Crippen LogP contribution in [-0.2, 0) is 0 Å². The first kappa shape index (κ1) is 12.4. The number of nitrogens with zero attached hydrogens (tertiary/aromatic N) is 1. The van der Waals surface area contributed by atoms with Crippen LogP contribution in [-0.4, -0.2) is 18.2 Å². The highest BCUT2D eigenvalue weighted by Gasteiger charge is 2.26. The van der Waals surface area contributed by atoms with Crippen molar-refractivity contribution in [3.8, 4) is 0 Å². The predicted molar refractivity (Wildman–Crippen MR) is 72.3 cm³/mol. The van der Waals surface area contributed by atoms with Crippen LogP contribution in [0.25, 0.3) is 0 Å². The first-order valence-corrected chi connectivity index (χ1v) is 6.51. The van der Waals surface area contributed by atoms with Gasteiger partial charge in [-0.3, -0.25) is 0 Å². The molecule has 0 spiro atoms. The molecule has 1 aromatic carbocycles. The summed E-state index contributed by atoms with van der Waals surface area (Å²) in [5, 5.41) is 9.49. The van der Waals surface area contributed by atoms with E-state index in [1.54, 1.807) is 6.92 Å². The van der Waals surface area contributed by atoms with Crippen molar-refractivity contribution in [2.75, 3.05) is 18.0 Å². The number of hydrogen-bond donors (Lipinski definition) is 1. The number of aliphatic hydroxyl groups excluding tert-OH is 1. The topological polar surface area (TPSA) is 23.5 Å². The zero-order valence-corrected chi connectivity index (χ0v) is 11.1. The summed E-state index contributed by atoms with van der Waals surface area (Å²) in [4.78, 5) is 2.45. The van der Waals surface area contributed by atoms with Gasteiger partial charge < -0.3 is 10.0 Å². The lowest BCUT2D eigenvalue weighted by molar-refractivity contribution is 0.199. The van der Waals surface area contributed by atoms with Crippen LogP contribution in [0.4, 0.5) is 5.69 Å². The van der Waals surface area contributed by atoms with Gasteiger partial charge in [0.25, 0.3) is 0 Å². The third-order valence-electron chi connectivity index (χ3n) is 3.64. The number of hydrogen-bond acceptors (Lipinski definition) is 2. The molecule has 1 atom stereocenters. The molecule has 1 N–H and O–H groups in total. The van der Waals surface area contributed by atoms with Crippen LogP contribution in [0.2, 0.25) is 0 Å². The highest BCUT2D eigenvalue weighted by molar-refractivity contribution is 5.48. The average Bonchev–Trinajstić information content (AvgIpc) is 2.28. The number of benzene rings is 1. The zero-order valence-electron chi connectivity index (χ0n) is 11.1. The smallest absolute Gasteiger partial charge is 0.0761 e. The first-order valence-electron chi connectivity index (χ1n) is 6.51. The molecule has 1 aliphatic rings. The minimum atomic E-state index is -0.373. The van der Waals surface area contributed by atoms with E-state index in [1.807, 2.05) is 12.1 Å².